The Labute approximate surface area is 106 Å². The molecule has 1 heterocycles. The molecule has 0 atom stereocenters. The van der Waals surface area contributed by atoms with Crippen LogP contribution in [0.3, 0.4) is 0 Å². The molecule has 0 bridgehead atoms. The van der Waals surface area contributed by atoms with Gasteiger partial charge in [0.2, 0.25) is 0 Å². The number of hydrogen-bond acceptors (Lipinski definition) is 4. The monoisotopic (exact) mass is 295 g/mol. The topological polar surface area (TPSA) is 81.0 Å². The zero-order valence-corrected chi connectivity index (χ0v) is 10.6. The number of carbonyl (C=O) groups excluding carboxylic acids is 1. The molecule has 0 unspecified atom stereocenters. The molecule has 2 rings (SSSR count). The van der Waals surface area contributed by atoms with Gasteiger partial charge in [0.25, 0.3) is 0 Å². The van der Waals surface area contributed by atoms with E-state index in [1.54, 1.807) is 0 Å². The number of esters is 1. The van der Waals surface area contributed by atoms with Crippen LogP contribution in [0.15, 0.2) is 28.7 Å². The average Bonchev–Trinajstić information content (AvgIpc) is 2.70. The number of H-pyrrole nitrogens is 1. The van der Waals surface area contributed by atoms with Gasteiger partial charge in [0.1, 0.15) is 0 Å². The Morgan fingerprint density at radius 2 is 2.29 bits per heavy atom. The lowest BCUT2D eigenvalue weighted by Crippen LogP contribution is -2.03. The molecule has 2 aromatic rings. The Morgan fingerprint density at radius 3 is 2.94 bits per heavy atom. The van der Waals surface area contributed by atoms with E-state index in [1.165, 1.54) is 7.11 Å². The van der Waals surface area contributed by atoms with Gasteiger partial charge in [-0.2, -0.15) is 5.10 Å². The number of nitrogens with zero attached hydrogens (tertiary/aromatic N) is 1. The normalized spacial score (nSPS) is 10.2. The number of aromatic nitrogens is 2. The molecule has 88 valence electrons. The van der Waals surface area contributed by atoms with E-state index in [-0.39, 0.29) is 11.5 Å². The minimum Gasteiger partial charge on any atom is -0.464 e. The van der Waals surface area contributed by atoms with E-state index in [0.717, 1.165) is 10.0 Å². The highest BCUT2D eigenvalue weighted by Crippen LogP contribution is 2.30. The van der Waals surface area contributed by atoms with Crippen molar-refractivity contribution in [3.8, 4) is 11.1 Å². The molecule has 0 aliphatic carbocycles. The van der Waals surface area contributed by atoms with Gasteiger partial charge in [0.15, 0.2) is 11.5 Å². The number of ether oxygens (including phenoxy) is 1. The van der Waals surface area contributed by atoms with Gasteiger partial charge in [0.05, 0.1) is 12.7 Å². The maximum absolute atomic E-state index is 11.5. The van der Waals surface area contributed by atoms with Crippen molar-refractivity contribution in [1.29, 1.82) is 0 Å². The van der Waals surface area contributed by atoms with Crippen molar-refractivity contribution in [3.05, 3.63) is 34.4 Å². The van der Waals surface area contributed by atoms with Crippen LogP contribution in [0.25, 0.3) is 11.1 Å². The first-order valence-corrected chi connectivity index (χ1v) is 5.61. The summed E-state index contributed by atoms with van der Waals surface area (Å²) in [5, 5.41) is 6.41. The number of methoxy groups -OCH3 is 1. The second-order valence-electron chi connectivity index (χ2n) is 3.36. The molecule has 0 spiro atoms. The summed E-state index contributed by atoms with van der Waals surface area (Å²) < 4.78 is 5.56. The number of nitrogen functional groups attached to an aromatic ring is 1. The maximum Gasteiger partial charge on any atom is 0.356 e. The van der Waals surface area contributed by atoms with Crippen LogP contribution in [0.5, 0.6) is 0 Å². The van der Waals surface area contributed by atoms with E-state index in [0.29, 0.717) is 5.56 Å². The molecule has 0 aliphatic heterocycles. The Morgan fingerprint density at radius 1 is 1.53 bits per heavy atom. The van der Waals surface area contributed by atoms with Crippen LogP contribution >= 0.6 is 15.9 Å². The third-order valence-electron chi connectivity index (χ3n) is 2.30. The highest BCUT2D eigenvalue weighted by Gasteiger charge is 2.19. The molecule has 1 aromatic carbocycles. The summed E-state index contributed by atoms with van der Waals surface area (Å²) in [7, 11) is 1.31. The van der Waals surface area contributed by atoms with Crippen LogP contribution in [0.1, 0.15) is 10.5 Å². The van der Waals surface area contributed by atoms with E-state index in [9.17, 15) is 4.79 Å². The van der Waals surface area contributed by atoms with Crippen molar-refractivity contribution in [1.82, 2.24) is 10.2 Å². The van der Waals surface area contributed by atoms with Crippen molar-refractivity contribution < 1.29 is 9.53 Å². The number of hydrogen-bond donors (Lipinski definition) is 2. The first-order valence-electron chi connectivity index (χ1n) is 4.81. The van der Waals surface area contributed by atoms with E-state index < -0.39 is 5.97 Å². The fraction of sp³-hybridized carbons (Fsp3) is 0.0909. The number of nitrogens with one attached hydrogen (secondary N) is 1. The molecule has 0 amide bonds. The maximum atomic E-state index is 11.5. The molecule has 0 fully saturated rings. The molecule has 0 radical (unpaired) electrons. The minimum atomic E-state index is -0.496. The average molecular weight is 296 g/mol. The Balaban J connectivity index is 2.58. The van der Waals surface area contributed by atoms with Gasteiger partial charge >= 0.3 is 5.97 Å². The zero-order chi connectivity index (χ0) is 12.4. The molecule has 0 saturated heterocycles. The molecule has 17 heavy (non-hydrogen) atoms. The van der Waals surface area contributed by atoms with Gasteiger partial charge in [-0.15, -0.1) is 0 Å². The van der Waals surface area contributed by atoms with Gasteiger partial charge < -0.3 is 10.5 Å². The first-order chi connectivity index (χ1) is 8.13. The summed E-state index contributed by atoms with van der Waals surface area (Å²) in [4.78, 5) is 11.5. The summed E-state index contributed by atoms with van der Waals surface area (Å²) in [6.07, 6.45) is 0. The fourth-order valence-electron chi connectivity index (χ4n) is 1.54. The smallest absolute Gasteiger partial charge is 0.356 e. The van der Waals surface area contributed by atoms with E-state index in [4.69, 9.17) is 5.73 Å². The van der Waals surface area contributed by atoms with Crippen molar-refractivity contribution in [3.63, 3.8) is 0 Å². The lowest BCUT2D eigenvalue weighted by atomic mass is 10.1. The molecule has 0 aliphatic rings. The largest absolute Gasteiger partial charge is 0.464 e. The van der Waals surface area contributed by atoms with Crippen molar-refractivity contribution >= 4 is 27.7 Å². The lowest BCUT2D eigenvalue weighted by Gasteiger charge is -2.03. The summed E-state index contributed by atoms with van der Waals surface area (Å²) in [6, 6.07) is 7.44. The number of anilines is 1. The third-order valence-corrected chi connectivity index (χ3v) is 2.79. The second kappa shape index (κ2) is 4.58. The first kappa shape index (κ1) is 11.7. The number of halogens is 1. The number of rotatable bonds is 2. The number of nitrogens with two attached hydrogens (primary N) is 1. The van der Waals surface area contributed by atoms with Gasteiger partial charge in [-0.25, -0.2) is 4.79 Å². The predicted octanol–water partition coefficient (Wildman–Crippen LogP) is 2.21. The van der Waals surface area contributed by atoms with Crippen LogP contribution in [0, 0.1) is 0 Å². The summed E-state index contributed by atoms with van der Waals surface area (Å²) >= 11 is 3.36. The highest BCUT2D eigenvalue weighted by atomic mass is 79.9. The van der Waals surface area contributed by atoms with Gasteiger partial charge in [-0.1, -0.05) is 28.1 Å². The van der Waals surface area contributed by atoms with Crippen LogP contribution in [-0.4, -0.2) is 23.3 Å². The Hall–Kier alpha value is -1.82. The van der Waals surface area contributed by atoms with Crippen molar-refractivity contribution in [2.24, 2.45) is 0 Å². The van der Waals surface area contributed by atoms with Gasteiger partial charge in [-0.05, 0) is 17.7 Å². The van der Waals surface area contributed by atoms with Crippen LogP contribution < -0.4 is 5.73 Å². The Bertz CT molecular complexity index is 566. The summed E-state index contributed by atoms with van der Waals surface area (Å²) in [5.41, 5.74) is 7.35. The standard InChI is InChI=1S/C11H10BrN3O2/c1-17-11(16)9-8(10(13)15-14-9)6-3-2-4-7(12)5-6/h2-5H,1H3,(H3,13,14,15). The van der Waals surface area contributed by atoms with E-state index >= 15 is 0 Å². The highest BCUT2D eigenvalue weighted by molar-refractivity contribution is 9.10. The fourth-order valence-corrected chi connectivity index (χ4v) is 1.94. The Kier molecular flexibility index (Phi) is 3.14. The molecular formula is C11H10BrN3O2. The lowest BCUT2D eigenvalue weighted by molar-refractivity contribution is 0.0595. The molecule has 1 aromatic heterocycles. The molecular weight excluding hydrogens is 286 g/mol. The van der Waals surface area contributed by atoms with Crippen LogP contribution in [0.4, 0.5) is 5.82 Å². The van der Waals surface area contributed by atoms with E-state index in [2.05, 4.69) is 30.9 Å². The SMILES string of the molecule is COC(=O)c1[nH]nc(N)c1-c1cccc(Br)c1. The number of benzene rings is 1. The molecule has 0 saturated carbocycles. The van der Waals surface area contributed by atoms with Gasteiger partial charge in [0, 0.05) is 4.47 Å². The number of aromatic amines is 1. The summed E-state index contributed by atoms with van der Waals surface area (Å²) in [5.74, 6) is -0.229. The minimum absolute atomic E-state index is 0.253. The third kappa shape index (κ3) is 2.16. The quantitative estimate of drug-likeness (QED) is 0.832. The summed E-state index contributed by atoms with van der Waals surface area (Å²) in [6.45, 7) is 0. The molecule has 5 nitrogen and oxygen atoms in total. The molecule has 3 N–H and O–H groups in total. The molecule has 6 heteroatoms. The van der Waals surface area contributed by atoms with E-state index in [1.807, 2.05) is 24.3 Å². The van der Waals surface area contributed by atoms with Crippen molar-refractivity contribution in [2.75, 3.05) is 12.8 Å². The van der Waals surface area contributed by atoms with Crippen LogP contribution in [0.2, 0.25) is 0 Å². The second-order valence-corrected chi connectivity index (χ2v) is 4.28. The predicted molar refractivity (Wildman–Crippen MR) is 67.5 cm³/mol. The zero-order valence-electron chi connectivity index (χ0n) is 9.03. The van der Waals surface area contributed by atoms with Gasteiger partial charge in [-0.3, -0.25) is 5.10 Å². The van der Waals surface area contributed by atoms with Crippen LogP contribution in [-0.2, 0) is 4.74 Å². The van der Waals surface area contributed by atoms with Crippen molar-refractivity contribution in [2.45, 2.75) is 0 Å². The number of carbonyl (C=O) groups is 1.